The summed E-state index contributed by atoms with van der Waals surface area (Å²) in [7, 11) is -3.24. The van der Waals surface area contributed by atoms with Gasteiger partial charge in [0.25, 0.3) is 5.91 Å². The Hall–Kier alpha value is -1.25. The molecular weight excluding hydrogens is 321 g/mol. The number of carbonyl (C=O) groups excluding carboxylic acids is 1. The van der Waals surface area contributed by atoms with E-state index in [0.29, 0.717) is 19.5 Å². The number of amides is 1. The van der Waals surface area contributed by atoms with Gasteiger partial charge in [0.2, 0.25) is 10.0 Å². The highest BCUT2D eigenvalue weighted by Gasteiger charge is 2.15. The highest BCUT2D eigenvalue weighted by atomic mass is 35.5. The highest BCUT2D eigenvalue weighted by molar-refractivity contribution is 7.88. The van der Waals surface area contributed by atoms with E-state index in [4.69, 9.17) is 11.6 Å². The van der Waals surface area contributed by atoms with Gasteiger partial charge < -0.3 is 5.32 Å². The Morgan fingerprint density at radius 3 is 2.76 bits per heavy atom. The molecule has 1 amide bonds. The SMILES string of the molecule is CCN(CCCNC(=O)c1cc(F)cnc1Cl)S(C)(=O)=O. The minimum Gasteiger partial charge on any atom is -0.352 e. The lowest BCUT2D eigenvalue weighted by molar-refractivity contribution is 0.0952. The number of hydrogen-bond acceptors (Lipinski definition) is 4. The van der Waals surface area contributed by atoms with Crippen molar-refractivity contribution in [2.75, 3.05) is 25.9 Å². The van der Waals surface area contributed by atoms with Gasteiger partial charge in [0.05, 0.1) is 18.0 Å². The molecule has 21 heavy (non-hydrogen) atoms. The van der Waals surface area contributed by atoms with Crippen molar-refractivity contribution in [1.82, 2.24) is 14.6 Å². The van der Waals surface area contributed by atoms with Gasteiger partial charge in [-0.25, -0.2) is 22.1 Å². The molecule has 0 bridgehead atoms. The molecule has 1 aromatic rings. The summed E-state index contributed by atoms with van der Waals surface area (Å²) in [6, 6.07) is 1.000. The number of aromatic nitrogens is 1. The number of pyridine rings is 1. The molecule has 0 saturated carbocycles. The summed E-state index contributed by atoms with van der Waals surface area (Å²) in [4.78, 5) is 15.3. The van der Waals surface area contributed by atoms with Gasteiger partial charge in [-0.3, -0.25) is 4.79 Å². The standard InChI is InChI=1S/C12H17ClFN3O3S/c1-3-17(21(2,19)20)6-4-5-15-12(18)10-7-9(14)8-16-11(10)13/h7-8H,3-6H2,1-2H3,(H,15,18). The minimum absolute atomic E-state index is 0.0490. The van der Waals surface area contributed by atoms with Gasteiger partial charge in [0.1, 0.15) is 11.0 Å². The summed E-state index contributed by atoms with van der Waals surface area (Å²) >= 11 is 5.71. The molecule has 0 aliphatic heterocycles. The molecule has 1 aromatic heterocycles. The number of carbonyl (C=O) groups is 1. The Kier molecular flexibility index (Phi) is 6.50. The number of nitrogens with one attached hydrogen (secondary N) is 1. The Morgan fingerprint density at radius 1 is 1.52 bits per heavy atom. The molecule has 118 valence electrons. The van der Waals surface area contributed by atoms with Gasteiger partial charge >= 0.3 is 0 Å². The topological polar surface area (TPSA) is 79.4 Å². The van der Waals surface area contributed by atoms with E-state index in [1.54, 1.807) is 6.92 Å². The average Bonchev–Trinajstić information content (AvgIpc) is 2.39. The second kappa shape index (κ2) is 7.67. The molecule has 0 aromatic carbocycles. The van der Waals surface area contributed by atoms with Crippen LogP contribution in [0.3, 0.4) is 0 Å². The first-order valence-corrected chi connectivity index (χ1v) is 8.52. The van der Waals surface area contributed by atoms with E-state index < -0.39 is 21.7 Å². The van der Waals surface area contributed by atoms with Crippen LogP contribution in [0.2, 0.25) is 5.15 Å². The first kappa shape index (κ1) is 17.8. The third-order valence-electron chi connectivity index (χ3n) is 2.74. The Labute approximate surface area is 128 Å². The molecule has 0 radical (unpaired) electrons. The lowest BCUT2D eigenvalue weighted by Crippen LogP contribution is -2.33. The number of sulfonamides is 1. The van der Waals surface area contributed by atoms with Crippen molar-refractivity contribution in [2.24, 2.45) is 0 Å². The average molecular weight is 338 g/mol. The van der Waals surface area contributed by atoms with Crippen molar-refractivity contribution < 1.29 is 17.6 Å². The summed E-state index contributed by atoms with van der Waals surface area (Å²) in [6.07, 6.45) is 2.49. The van der Waals surface area contributed by atoms with Gasteiger partial charge in [-0.05, 0) is 12.5 Å². The normalized spacial score (nSPS) is 11.7. The third kappa shape index (κ3) is 5.56. The molecule has 9 heteroatoms. The first-order valence-electron chi connectivity index (χ1n) is 6.30. The van der Waals surface area contributed by atoms with Crippen molar-refractivity contribution in [1.29, 1.82) is 0 Å². The second-order valence-corrected chi connectivity index (χ2v) is 6.70. The maximum Gasteiger partial charge on any atom is 0.254 e. The van der Waals surface area contributed by atoms with Gasteiger partial charge in [0, 0.05) is 19.6 Å². The fourth-order valence-corrected chi connectivity index (χ4v) is 2.81. The summed E-state index contributed by atoms with van der Waals surface area (Å²) in [5, 5.41) is 2.46. The predicted molar refractivity (Wildman–Crippen MR) is 78.2 cm³/mol. The van der Waals surface area contributed by atoms with E-state index in [-0.39, 0.29) is 17.3 Å². The van der Waals surface area contributed by atoms with Crippen molar-refractivity contribution in [3.63, 3.8) is 0 Å². The fourth-order valence-electron chi connectivity index (χ4n) is 1.69. The van der Waals surface area contributed by atoms with Crippen LogP contribution in [0.5, 0.6) is 0 Å². The number of nitrogens with zero attached hydrogens (tertiary/aromatic N) is 2. The lowest BCUT2D eigenvalue weighted by Gasteiger charge is -2.17. The van der Waals surface area contributed by atoms with E-state index in [2.05, 4.69) is 10.3 Å². The monoisotopic (exact) mass is 337 g/mol. The Balaban J connectivity index is 2.49. The molecule has 0 unspecified atom stereocenters. The number of hydrogen-bond donors (Lipinski definition) is 1. The third-order valence-corrected chi connectivity index (χ3v) is 4.42. The molecule has 0 aliphatic rings. The lowest BCUT2D eigenvalue weighted by atomic mass is 10.2. The van der Waals surface area contributed by atoms with Crippen LogP contribution in [-0.4, -0.2) is 49.5 Å². The van der Waals surface area contributed by atoms with Crippen LogP contribution in [0.15, 0.2) is 12.3 Å². The van der Waals surface area contributed by atoms with E-state index >= 15 is 0 Å². The van der Waals surface area contributed by atoms with Gasteiger partial charge in [-0.2, -0.15) is 0 Å². The highest BCUT2D eigenvalue weighted by Crippen LogP contribution is 2.13. The largest absolute Gasteiger partial charge is 0.352 e. The van der Waals surface area contributed by atoms with Gasteiger partial charge in [0.15, 0.2) is 0 Å². The summed E-state index contributed by atoms with van der Waals surface area (Å²) in [6.45, 7) is 2.65. The number of rotatable bonds is 7. The molecular formula is C12H17ClFN3O3S. The zero-order valence-electron chi connectivity index (χ0n) is 11.8. The summed E-state index contributed by atoms with van der Waals surface area (Å²) in [5.41, 5.74) is -0.0490. The van der Waals surface area contributed by atoms with Crippen molar-refractivity contribution in [2.45, 2.75) is 13.3 Å². The maximum atomic E-state index is 13.0. The molecule has 1 heterocycles. The van der Waals surface area contributed by atoms with Crippen LogP contribution < -0.4 is 5.32 Å². The van der Waals surface area contributed by atoms with Crippen molar-refractivity contribution in [3.8, 4) is 0 Å². The zero-order valence-corrected chi connectivity index (χ0v) is 13.3. The smallest absolute Gasteiger partial charge is 0.254 e. The summed E-state index contributed by atoms with van der Waals surface area (Å²) in [5.74, 6) is -1.20. The first-order chi connectivity index (χ1) is 9.75. The van der Waals surface area contributed by atoms with Crippen LogP contribution in [0.25, 0.3) is 0 Å². The van der Waals surface area contributed by atoms with Crippen LogP contribution in [-0.2, 0) is 10.0 Å². The Morgan fingerprint density at radius 2 is 2.19 bits per heavy atom. The number of halogens is 2. The van der Waals surface area contributed by atoms with Crippen LogP contribution in [0.4, 0.5) is 4.39 Å². The summed E-state index contributed by atoms with van der Waals surface area (Å²) < 4.78 is 37.0. The molecule has 1 rings (SSSR count). The maximum absolute atomic E-state index is 13.0. The Bertz CT molecular complexity index is 610. The quantitative estimate of drug-likeness (QED) is 0.600. The molecule has 0 spiro atoms. The van der Waals surface area contributed by atoms with Crippen LogP contribution in [0, 0.1) is 5.82 Å². The van der Waals surface area contributed by atoms with Gasteiger partial charge in [-0.15, -0.1) is 0 Å². The van der Waals surface area contributed by atoms with E-state index in [9.17, 15) is 17.6 Å². The minimum atomic E-state index is -3.24. The molecule has 0 saturated heterocycles. The zero-order chi connectivity index (χ0) is 16.0. The fraction of sp³-hybridized carbons (Fsp3) is 0.500. The molecule has 0 atom stereocenters. The van der Waals surface area contributed by atoms with Crippen molar-refractivity contribution >= 4 is 27.5 Å². The second-order valence-electron chi connectivity index (χ2n) is 4.36. The molecule has 6 nitrogen and oxygen atoms in total. The molecule has 1 N–H and O–H groups in total. The van der Waals surface area contributed by atoms with Crippen LogP contribution >= 0.6 is 11.6 Å². The predicted octanol–water partition coefficient (Wildman–Crippen LogP) is 1.28. The van der Waals surface area contributed by atoms with Crippen molar-refractivity contribution in [3.05, 3.63) is 28.8 Å². The van der Waals surface area contributed by atoms with E-state index in [1.807, 2.05) is 0 Å². The van der Waals surface area contributed by atoms with E-state index in [1.165, 1.54) is 4.31 Å². The molecule has 0 fully saturated rings. The molecule has 0 aliphatic carbocycles. The van der Waals surface area contributed by atoms with Gasteiger partial charge in [-0.1, -0.05) is 18.5 Å². The van der Waals surface area contributed by atoms with Crippen LogP contribution in [0.1, 0.15) is 23.7 Å². The van der Waals surface area contributed by atoms with E-state index in [0.717, 1.165) is 18.5 Å².